The lowest BCUT2D eigenvalue weighted by atomic mass is 9.76. The van der Waals surface area contributed by atoms with Gasteiger partial charge in [-0.15, -0.1) is 0 Å². The Kier molecular flexibility index (Phi) is 5.24. The molecule has 2 unspecified atom stereocenters. The molecular formula is C21H32BNO3. The first kappa shape index (κ1) is 19.4. The van der Waals surface area contributed by atoms with Gasteiger partial charge in [0.1, 0.15) is 0 Å². The van der Waals surface area contributed by atoms with Crippen LogP contribution in [0.5, 0.6) is 0 Å². The summed E-state index contributed by atoms with van der Waals surface area (Å²) in [5.74, 6) is 0.982. The fourth-order valence-corrected chi connectivity index (χ4v) is 3.87. The molecule has 1 heterocycles. The van der Waals surface area contributed by atoms with Gasteiger partial charge in [-0.1, -0.05) is 25.0 Å². The van der Waals surface area contributed by atoms with E-state index in [0.717, 1.165) is 29.6 Å². The first-order valence-corrected chi connectivity index (χ1v) is 9.90. The highest BCUT2D eigenvalue weighted by Gasteiger charge is 2.52. The van der Waals surface area contributed by atoms with Gasteiger partial charge in [-0.25, -0.2) is 0 Å². The number of nitrogens with one attached hydrogen (secondary N) is 1. The van der Waals surface area contributed by atoms with Gasteiger partial charge in [0.05, 0.1) is 11.2 Å². The molecule has 2 aliphatic rings. The minimum absolute atomic E-state index is 0.140. The second-order valence-corrected chi connectivity index (χ2v) is 8.93. The van der Waals surface area contributed by atoms with Crippen molar-refractivity contribution in [3.05, 3.63) is 23.8 Å². The third-order valence-corrected chi connectivity index (χ3v) is 6.54. The average molecular weight is 357 g/mol. The number of anilines is 1. The van der Waals surface area contributed by atoms with Gasteiger partial charge in [-0.05, 0) is 77.4 Å². The van der Waals surface area contributed by atoms with Crippen LogP contribution in [0.4, 0.5) is 5.69 Å². The maximum absolute atomic E-state index is 12.6. The summed E-state index contributed by atoms with van der Waals surface area (Å²) in [6, 6.07) is 6.00. The lowest BCUT2D eigenvalue weighted by Gasteiger charge is -2.32. The van der Waals surface area contributed by atoms with Gasteiger partial charge in [0.25, 0.3) is 0 Å². The van der Waals surface area contributed by atoms with Crippen LogP contribution in [0.2, 0.25) is 0 Å². The molecule has 2 atom stereocenters. The van der Waals surface area contributed by atoms with Crippen LogP contribution in [-0.4, -0.2) is 24.2 Å². The Morgan fingerprint density at radius 3 is 2.42 bits per heavy atom. The molecule has 2 fully saturated rings. The highest BCUT2D eigenvalue weighted by molar-refractivity contribution is 6.62. The van der Waals surface area contributed by atoms with E-state index in [-0.39, 0.29) is 23.0 Å². The van der Waals surface area contributed by atoms with Crippen molar-refractivity contribution in [2.45, 2.75) is 78.4 Å². The highest BCUT2D eigenvalue weighted by Crippen LogP contribution is 2.37. The number of hydrogen-bond acceptors (Lipinski definition) is 3. The molecule has 0 radical (unpaired) electrons. The van der Waals surface area contributed by atoms with E-state index in [0.29, 0.717) is 5.92 Å². The fraction of sp³-hybridized carbons (Fsp3) is 0.667. The quantitative estimate of drug-likeness (QED) is 0.827. The van der Waals surface area contributed by atoms with Crippen molar-refractivity contribution in [3.8, 4) is 0 Å². The van der Waals surface area contributed by atoms with Crippen molar-refractivity contribution >= 4 is 24.2 Å². The van der Waals surface area contributed by atoms with E-state index < -0.39 is 7.12 Å². The number of carbonyl (C=O) groups is 1. The molecule has 1 aliphatic heterocycles. The largest absolute Gasteiger partial charge is 0.495 e. The van der Waals surface area contributed by atoms with Crippen LogP contribution in [0, 0.1) is 18.8 Å². The molecule has 5 heteroatoms. The van der Waals surface area contributed by atoms with E-state index in [4.69, 9.17) is 9.31 Å². The van der Waals surface area contributed by atoms with Crippen molar-refractivity contribution in [2.75, 3.05) is 5.32 Å². The standard InChI is InChI=1S/C21H32BNO3/c1-7-15-9-10-16(12-15)19(24)23-17-11-8-14(2)18(13-17)22-25-20(3,4)21(5,6)26-22/h8,11,13,15-16H,7,9-10,12H2,1-6H3,(H,23,24). The number of aryl methyl sites for hydroxylation is 1. The first-order valence-electron chi connectivity index (χ1n) is 9.90. The number of hydrogen-bond donors (Lipinski definition) is 1. The molecule has 142 valence electrons. The topological polar surface area (TPSA) is 47.6 Å². The third-order valence-electron chi connectivity index (χ3n) is 6.54. The van der Waals surface area contributed by atoms with E-state index in [1.165, 1.54) is 12.8 Å². The van der Waals surface area contributed by atoms with E-state index in [1.807, 2.05) is 18.2 Å². The minimum Gasteiger partial charge on any atom is -0.399 e. The Hall–Kier alpha value is -1.33. The molecule has 3 rings (SSSR count). The molecule has 0 aromatic heterocycles. The lowest BCUT2D eigenvalue weighted by molar-refractivity contribution is -0.119. The zero-order chi connectivity index (χ0) is 19.1. The molecular weight excluding hydrogens is 325 g/mol. The van der Waals surface area contributed by atoms with Crippen LogP contribution in [0.3, 0.4) is 0 Å². The predicted octanol–water partition coefficient (Wildman–Crippen LogP) is 4.06. The van der Waals surface area contributed by atoms with Gasteiger partial charge < -0.3 is 14.6 Å². The van der Waals surface area contributed by atoms with Crippen molar-refractivity contribution in [3.63, 3.8) is 0 Å². The lowest BCUT2D eigenvalue weighted by Crippen LogP contribution is -2.41. The molecule has 4 nitrogen and oxygen atoms in total. The molecule has 1 aromatic rings. The summed E-state index contributed by atoms with van der Waals surface area (Å²) < 4.78 is 12.4. The second kappa shape index (κ2) is 7.01. The number of benzene rings is 1. The first-order chi connectivity index (χ1) is 12.1. The van der Waals surface area contributed by atoms with Crippen LogP contribution in [0.25, 0.3) is 0 Å². The Labute approximate surface area is 158 Å². The molecule has 0 bridgehead atoms. The van der Waals surface area contributed by atoms with E-state index in [2.05, 4.69) is 46.9 Å². The van der Waals surface area contributed by atoms with Crippen LogP contribution in [0.15, 0.2) is 18.2 Å². The maximum Gasteiger partial charge on any atom is 0.495 e. The van der Waals surface area contributed by atoms with Crippen LogP contribution in [-0.2, 0) is 14.1 Å². The predicted molar refractivity (Wildman–Crippen MR) is 107 cm³/mol. The molecule has 1 saturated carbocycles. The van der Waals surface area contributed by atoms with Gasteiger partial charge in [-0.2, -0.15) is 0 Å². The van der Waals surface area contributed by atoms with Crippen molar-refractivity contribution < 1.29 is 14.1 Å². The Morgan fingerprint density at radius 2 is 1.85 bits per heavy atom. The zero-order valence-electron chi connectivity index (χ0n) is 17.0. The van der Waals surface area contributed by atoms with Gasteiger partial charge in [0.15, 0.2) is 0 Å². The minimum atomic E-state index is -0.409. The summed E-state index contributed by atoms with van der Waals surface area (Å²) in [4.78, 5) is 12.6. The molecule has 1 saturated heterocycles. The van der Waals surface area contributed by atoms with Crippen molar-refractivity contribution in [1.82, 2.24) is 0 Å². The van der Waals surface area contributed by atoms with Gasteiger partial charge >= 0.3 is 7.12 Å². The molecule has 1 amide bonds. The van der Waals surface area contributed by atoms with Crippen molar-refractivity contribution in [1.29, 1.82) is 0 Å². The summed E-state index contributed by atoms with van der Waals surface area (Å²) in [5, 5.41) is 3.11. The summed E-state index contributed by atoms with van der Waals surface area (Å²) in [6.07, 6.45) is 4.35. The second-order valence-electron chi connectivity index (χ2n) is 8.93. The summed E-state index contributed by atoms with van der Waals surface area (Å²) >= 11 is 0. The average Bonchev–Trinajstić information content (AvgIpc) is 3.12. The van der Waals surface area contributed by atoms with Crippen LogP contribution >= 0.6 is 0 Å². The number of rotatable bonds is 4. The summed E-state index contributed by atoms with van der Waals surface area (Å²) in [5.41, 5.74) is 2.17. The van der Waals surface area contributed by atoms with Gasteiger partial charge in [-0.3, -0.25) is 4.79 Å². The third kappa shape index (κ3) is 3.70. The van der Waals surface area contributed by atoms with Crippen LogP contribution in [0.1, 0.15) is 65.9 Å². The zero-order valence-corrected chi connectivity index (χ0v) is 17.0. The monoisotopic (exact) mass is 357 g/mol. The highest BCUT2D eigenvalue weighted by atomic mass is 16.7. The normalized spacial score (nSPS) is 26.9. The summed E-state index contributed by atoms with van der Waals surface area (Å²) in [7, 11) is -0.409. The maximum atomic E-state index is 12.6. The molecule has 26 heavy (non-hydrogen) atoms. The summed E-state index contributed by atoms with van der Waals surface area (Å²) in [6.45, 7) is 12.5. The smallest absolute Gasteiger partial charge is 0.399 e. The van der Waals surface area contributed by atoms with Gasteiger partial charge in [0.2, 0.25) is 5.91 Å². The Morgan fingerprint density at radius 1 is 1.19 bits per heavy atom. The number of amides is 1. The molecule has 0 spiro atoms. The number of carbonyl (C=O) groups excluding carboxylic acids is 1. The SMILES string of the molecule is CCC1CCC(C(=O)Nc2ccc(C)c(B3OC(C)(C)C(C)(C)O3)c2)C1. The molecule has 1 aliphatic carbocycles. The molecule has 1 N–H and O–H groups in total. The fourth-order valence-electron chi connectivity index (χ4n) is 3.87. The Balaban J connectivity index is 1.74. The Bertz CT molecular complexity index is 670. The van der Waals surface area contributed by atoms with E-state index >= 15 is 0 Å². The van der Waals surface area contributed by atoms with Crippen LogP contribution < -0.4 is 10.8 Å². The molecule has 1 aromatic carbocycles. The van der Waals surface area contributed by atoms with Crippen molar-refractivity contribution in [2.24, 2.45) is 11.8 Å². The van der Waals surface area contributed by atoms with E-state index in [9.17, 15) is 4.79 Å². The van der Waals surface area contributed by atoms with E-state index in [1.54, 1.807) is 0 Å². The van der Waals surface area contributed by atoms with Gasteiger partial charge in [0, 0.05) is 11.6 Å².